The van der Waals surface area contributed by atoms with Gasteiger partial charge < -0.3 is 5.32 Å². The number of amides is 1. The fourth-order valence-electron chi connectivity index (χ4n) is 4.35. The van der Waals surface area contributed by atoms with Gasteiger partial charge in [0.25, 0.3) is 0 Å². The summed E-state index contributed by atoms with van der Waals surface area (Å²) < 4.78 is 42.6. The van der Waals surface area contributed by atoms with Gasteiger partial charge >= 0.3 is 0 Å². The van der Waals surface area contributed by atoms with E-state index in [0.717, 1.165) is 22.3 Å². The van der Waals surface area contributed by atoms with E-state index in [1.165, 1.54) is 34.6 Å². The number of anilines is 1. The van der Waals surface area contributed by atoms with Crippen LogP contribution in [0.15, 0.2) is 139 Å². The fraction of sp³-hybridized carbons (Fsp3) is 0.0588. The van der Waals surface area contributed by atoms with Crippen molar-refractivity contribution in [1.82, 2.24) is 9.29 Å². The third-order valence-electron chi connectivity index (χ3n) is 6.59. The Morgan fingerprint density at radius 3 is 1.93 bits per heavy atom. The van der Waals surface area contributed by atoms with Crippen LogP contribution in [0, 0.1) is 5.82 Å². The predicted molar refractivity (Wildman–Crippen MR) is 163 cm³/mol. The van der Waals surface area contributed by atoms with Crippen LogP contribution in [0.25, 0.3) is 17.2 Å². The Hall–Kier alpha value is -4.92. The number of aromatic nitrogens is 1. The highest BCUT2D eigenvalue weighted by Crippen LogP contribution is 2.25. The highest BCUT2D eigenvalue weighted by molar-refractivity contribution is 7.89. The summed E-state index contributed by atoms with van der Waals surface area (Å²) in [4.78, 5) is 16.4. The molecular formula is C34H28FN3O3S. The maximum absolute atomic E-state index is 13.8. The van der Waals surface area contributed by atoms with Gasteiger partial charge in [0.15, 0.2) is 0 Å². The summed E-state index contributed by atoms with van der Waals surface area (Å²) in [5.41, 5.74) is 4.86. The fourth-order valence-corrected chi connectivity index (χ4v) is 5.76. The van der Waals surface area contributed by atoms with Gasteiger partial charge in [0, 0.05) is 37.2 Å². The molecule has 0 unspecified atom stereocenters. The van der Waals surface area contributed by atoms with Crippen LogP contribution in [0.2, 0.25) is 0 Å². The number of hydrogen-bond acceptors (Lipinski definition) is 4. The molecule has 8 heteroatoms. The van der Waals surface area contributed by atoms with Crippen molar-refractivity contribution >= 4 is 27.7 Å². The Labute approximate surface area is 244 Å². The van der Waals surface area contributed by atoms with Gasteiger partial charge in [-0.25, -0.2) is 12.8 Å². The zero-order valence-electron chi connectivity index (χ0n) is 22.6. The molecule has 1 amide bonds. The Kier molecular flexibility index (Phi) is 8.96. The number of halogens is 1. The first kappa shape index (κ1) is 28.6. The number of sulfonamides is 1. The van der Waals surface area contributed by atoms with Crippen LogP contribution < -0.4 is 5.32 Å². The standard InChI is InChI=1S/C34H28FN3O3S/c35-31-13-8-28(9-14-31)25-38(24-27-6-11-30(12-7-27)29-4-2-1-3-5-29)42(40,41)33-17-15-32(16-18-33)37-34(39)19-10-26-20-22-36-23-21-26/h1-23H,24-25H2,(H,37,39)/b19-10+. The molecule has 1 heterocycles. The molecule has 1 N–H and O–H groups in total. The minimum absolute atomic E-state index is 0.0569. The molecule has 0 aliphatic carbocycles. The maximum Gasteiger partial charge on any atom is 0.248 e. The second-order valence-corrected chi connectivity index (χ2v) is 11.5. The SMILES string of the molecule is O=C(/C=C/c1ccncc1)Nc1ccc(S(=O)(=O)N(Cc2ccc(F)cc2)Cc2ccc(-c3ccccc3)cc2)cc1. The summed E-state index contributed by atoms with van der Waals surface area (Å²) in [6, 6.07) is 33.1. The summed E-state index contributed by atoms with van der Waals surface area (Å²) in [6.07, 6.45) is 6.33. The van der Waals surface area contributed by atoms with E-state index >= 15 is 0 Å². The molecule has 0 atom stereocenters. The van der Waals surface area contributed by atoms with Crippen LogP contribution in [-0.2, 0) is 27.9 Å². The first-order valence-electron chi connectivity index (χ1n) is 13.2. The van der Waals surface area contributed by atoms with Crippen molar-refractivity contribution in [2.24, 2.45) is 0 Å². The molecule has 5 aromatic rings. The van der Waals surface area contributed by atoms with Gasteiger partial charge in [-0.05, 0) is 82.4 Å². The molecular weight excluding hydrogens is 549 g/mol. The van der Waals surface area contributed by atoms with E-state index in [1.807, 2.05) is 54.6 Å². The molecule has 0 radical (unpaired) electrons. The Morgan fingerprint density at radius 2 is 1.31 bits per heavy atom. The van der Waals surface area contributed by atoms with Gasteiger partial charge in [0.1, 0.15) is 5.82 Å². The molecule has 4 aromatic carbocycles. The Morgan fingerprint density at radius 1 is 0.738 bits per heavy atom. The lowest BCUT2D eigenvalue weighted by Crippen LogP contribution is -2.30. The van der Waals surface area contributed by atoms with Gasteiger partial charge in [-0.15, -0.1) is 0 Å². The Balaban J connectivity index is 1.34. The second kappa shape index (κ2) is 13.2. The van der Waals surface area contributed by atoms with E-state index in [4.69, 9.17) is 0 Å². The van der Waals surface area contributed by atoms with Crippen molar-refractivity contribution in [3.8, 4) is 11.1 Å². The lowest BCUT2D eigenvalue weighted by Gasteiger charge is -2.23. The monoisotopic (exact) mass is 577 g/mol. The van der Waals surface area contributed by atoms with Gasteiger partial charge in [0.05, 0.1) is 4.90 Å². The molecule has 210 valence electrons. The van der Waals surface area contributed by atoms with Crippen molar-refractivity contribution < 1.29 is 17.6 Å². The maximum atomic E-state index is 13.8. The van der Waals surface area contributed by atoms with Crippen LogP contribution in [0.3, 0.4) is 0 Å². The van der Waals surface area contributed by atoms with Crippen molar-refractivity contribution in [1.29, 1.82) is 0 Å². The zero-order valence-corrected chi connectivity index (χ0v) is 23.4. The minimum Gasteiger partial charge on any atom is -0.323 e. The van der Waals surface area contributed by atoms with E-state index in [-0.39, 0.29) is 23.9 Å². The predicted octanol–water partition coefficient (Wildman–Crippen LogP) is 6.93. The van der Waals surface area contributed by atoms with Gasteiger partial charge in [0.2, 0.25) is 15.9 Å². The number of carbonyl (C=O) groups excluding carboxylic acids is 1. The number of carbonyl (C=O) groups is 1. The molecule has 5 rings (SSSR count). The van der Waals surface area contributed by atoms with Gasteiger partial charge in [-0.2, -0.15) is 4.31 Å². The number of nitrogens with zero attached hydrogens (tertiary/aromatic N) is 2. The molecule has 0 aliphatic rings. The molecule has 0 saturated heterocycles. The number of hydrogen-bond donors (Lipinski definition) is 1. The summed E-state index contributed by atoms with van der Waals surface area (Å²) in [7, 11) is -3.95. The number of pyridine rings is 1. The molecule has 42 heavy (non-hydrogen) atoms. The lowest BCUT2D eigenvalue weighted by atomic mass is 10.0. The first-order chi connectivity index (χ1) is 20.4. The Bertz CT molecular complexity index is 1760. The van der Waals surface area contributed by atoms with E-state index in [2.05, 4.69) is 10.3 Å². The van der Waals surface area contributed by atoms with Crippen LogP contribution in [-0.4, -0.2) is 23.6 Å². The smallest absolute Gasteiger partial charge is 0.248 e. The van der Waals surface area contributed by atoms with Crippen molar-refractivity contribution in [3.63, 3.8) is 0 Å². The highest BCUT2D eigenvalue weighted by Gasteiger charge is 2.25. The average molecular weight is 578 g/mol. The molecule has 0 fully saturated rings. The molecule has 6 nitrogen and oxygen atoms in total. The summed E-state index contributed by atoms with van der Waals surface area (Å²) in [5.74, 6) is -0.739. The first-order valence-corrected chi connectivity index (χ1v) is 14.7. The van der Waals surface area contributed by atoms with Crippen LogP contribution in [0.4, 0.5) is 10.1 Å². The molecule has 1 aromatic heterocycles. The summed E-state index contributed by atoms with van der Waals surface area (Å²) >= 11 is 0. The number of benzene rings is 4. The average Bonchev–Trinajstić information content (AvgIpc) is 3.02. The topological polar surface area (TPSA) is 79.4 Å². The summed E-state index contributed by atoms with van der Waals surface area (Å²) in [5, 5.41) is 2.74. The quantitative estimate of drug-likeness (QED) is 0.183. The molecule has 0 aliphatic heterocycles. The van der Waals surface area contributed by atoms with Crippen LogP contribution >= 0.6 is 0 Å². The number of nitrogens with one attached hydrogen (secondary N) is 1. The van der Waals surface area contributed by atoms with Crippen molar-refractivity contribution in [2.75, 3.05) is 5.32 Å². The molecule has 0 spiro atoms. The van der Waals surface area contributed by atoms with E-state index < -0.39 is 15.8 Å². The highest BCUT2D eigenvalue weighted by atomic mass is 32.2. The van der Waals surface area contributed by atoms with Crippen molar-refractivity contribution in [3.05, 3.63) is 156 Å². The normalized spacial score (nSPS) is 11.6. The van der Waals surface area contributed by atoms with Gasteiger partial charge in [-0.1, -0.05) is 66.7 Å². The third kappa shape index (κ3) is 7.42. The lowest BCUT2D eigenvalue weighted by molar-refractivity contribution is -0.111. The van der Waals surface area contributed by atoms with E-state index in [9.17, 15) is 17.6 Å². The zero-order chi connectivity index (χ0) is 29.4. The second-order valence-electron chi connectivity index (χ2n) is 9.59. The van der Waals surface area contributed by atoms with Crippen molar-refractivity contribution in [2.45, 2.75) is 18.0 Å². The molecule has 0 saturated carbocycles. The largest absolute Gasteiger partial charge is 0.323 e. The number of rotatable bonds is 10. The van der Waals surface area contributed by atoms with E-state index in [0.29, 0.717) is 11.3 Å². The third-order valence-corrected chi connectivity index (χ3v) is 8.39. The van der Waals surface area contributed by atoms with E-state index in [1.54, 1.807) is 54.9 Å². The van der Waals surface area contributed by atoms with Crippen LogP contribution in [0.1, 0.15) is 16.7 Å². The summed E-state index contributed by atoms with van der Waals surface area (Å²) in [6.45, 7) is 0.175. The van der Waals surface area contributed by atoms with Crippen LogP contribution in [0.5, 0.6) is 0 Å². The molecule has 0 bridgehead atoms. The minimum atomic E-state index is -3.95. The van der Waals surface area contributed by atoms with Gasteiger partial charge in [-0.3, -0.25) is 9.78 Å².